The first kappa shape index (κ1) is 11.0. The van der Waals surface area contributed by atoms with Crippen LogP contribution < -0.4 is 10.5 Å². The summed E-state index contributed by atoms with van der Waals surface area (Å²) in [5.41, 5.74) is 7.53. The molecule has 0 spiro atoms. The number of nitrogen functional groups attached to an aromatic ring is 1. The third kappa shape index (κ3) is 2.55. The smallest absolute Gasteiger partial charge is 0.141 e. The van der Waals surface area contributed by atoms with Gasteiger partial charge in [-0.3, -0.25) is 0 Å². The molecule has 0 aliphatic rings. The van der Waals surface area contributed by atoms with Crippen molar-refractivity contribution < 1.29 is 4.74 Å². The maximum Gasteiger partial charge on any atom is 0.141 e. The molecule has 0 aliphatic heterocycles. The highest BCUT2D eigenvalue weighted by molar-refractivity contribution is 9.10. The molecule has 0 saturated carbocycles. The minimum absolute atomic E-state index is 0.732. The molecule has 2 aromatic rings. The predicted molar refractivity (Wildman–Crippen MR) is 69.8 cm³/mol. The summed E-state index contributed by atoms with van der Waals surface area (Å²) in [5.74, 6) is 1.58. The van der Waals surface area contributed by atoms with Gasteiger partial charge in [-0.05, 0) is 64.8 Å². The van der Waals surface area contributed by atoms with E-state index in [1.165, 1.54) is 5.56 Å². The van der Waals surface area contributed by atoms with Crippen LogP contribution in [0.4, 0.5) is 5.69 Å². The minimum atomic E-state index is 0.732. The zero-order chi connectivity index (χ0) is 11.5. The van der Waals surface area contributed by atoms with Crippen LogP contribution in [-0.2, 0) is 0 Å². The van der Waals surface area contributed by atoms with Gasteiger partial charge in [0.2, 0.25) is 0 Å². The molecule has 2 rings (SSSR count). The number of ether oxygens (including phenoxy) is 1. The topological polar surface area (TPSA) is 35.2 Å². The number of halogens is 1. The van der Waals surface area contributed by atoms with Crippen LogP contribution in [0.3, 0.4) is 0 Å². The molecule has 2 aromatic carbocycles. The molecule has 0 saturated heterocycles. The van der Waals surface area contributed by atoms with Crippen LogP contribution in [0.2, 0.25) is 0 Å². The minimum Gasteiger partial charge on any atom is -0.456 e. The molecule has 82 valence electrons. The van der Waals surface area contributed by atoms with Gasteiger partial charge in [-0.1, -0.05) is 6.07 Å². The second-order valence-corrected chi connectivity index (χ2v) is 4.46. The van der Waals surface area contributed by atoms with E-state index in [2.05, 4.69) is 15.9 Å². The third-order valence-corrected chi connectivity index (χ3v) is 2.81. The van der Waals surface area contributed by atoms with Crippen LogP contribution in [0.15, 0.2) is 46.9 Å². The van der Waals surface area contributed by atoms with Crippen LogP contribution in [0.1, 0.15) is 5.56 Å². The molecule has 0 atom stereocenters. The van der Waals surface area contributed by atoms with E-state index < -0.39 is 0 Å². The Morgan fingerprint density at radius 2 is 1.75 bits per heavy atom. The van der Waals surface area contributed by atoms with E-state index in [-0.39, 0.29) is 0 Å². The number of rotatable bonds is 2. The van der Waals surface area contributed by atoms with Crippen molar-refractivity contribution in [2.24, 2.45) is 0 Å². The molecule has 2 N–H and O–H groups in total. The molecule has 0 fully saturated rings. The summed E-state index contributed by atoms with van der Waals surface area (Å²) in [6.45, 7) is 2.04. The van der Waals surface area contributed by atoms with Gasteiger partial charge in [0.1, 0.15) is 11.5 Å². The number of benzene rings is 2. The van der Waals surface area contributed by atoms with Crippen molar-refractivity contribution >= 4 is 21.6 Å². The van der Waals surface area contributed by atoms with Crippen molar-refractivity contribution in [1.82, 2.24) is 0 Å². The standard InChI is InChI=1S/C13H12BrNO/c1-9-2-7-13(12(14)8-9)16-11-5-3-10(15)4-6-11/h2-8H,15H2,1H3. The highest BCUT2D eigenvalue weighted by Crippen LogP contribution is 2.30. The van der Waals surface area contributed by atoms with Crippen molar-refractivity contribution in [3.8, 4) is 11.5 Å². The Kier molecular flexibility index (Phi) is 3.15. The molecule has 0 unspecified atom stereocenters. The Balaban J connectivity index is 2.23. The summed E-state index contributed by atoms with van der Waals surface area (Å²) in [6, 6.07) is 13.3. The van der Waals surface area contributed by atoms with Gasteiger partial charge in [-0.2, -0.15) is 0 Å². The third-order valence-electron chi connectivity index (χ3n) is 2.20. The maximum atomic E-state index is 5.72. The van der Waals surface area contributed by atoms with Crippen molar-refractivity contribution in [2.75, 3.05) is 5.73 Å². The quantitative estimate of drug-likeness (QED) is 0.838. The van der Waals surface area contributed by atoms with E-state index >= 15 is 0 Å². The fraction of sp³-hybridized carbons (Fsp3) is 0.0769. The predicted octanol–water partition coefficient (Wildman–Crippen LogP) is 4.13. The molecule has 0 aromatic heterocycles. The highest BCUT2D eigenvalue weighted by Gasteiger charge is 2.02. The van der Waals surface area contributed by atoms with Gasteiger partial charge in [0.25, 0.3) is 0 Å². The number of hydrogen-bond acceptors (Lipinski definition) is 2. The van der Waals surface area contributed by atoms with E-state index in [4.69, 9.17) is 10.5 Å². The molecule has 0 bridgehead atoms. The summed E-state index contributed by atoms with van der Waals surface area (Å²) in [4.78, 5) is 0. The van der Waals surface area contributed by atoms with Gasteiger partial charge < -0.3 is 10.5 Å². The average Bonchev–Trinajstić information content (AvgIpc) is 2.25. The van der Waals surface area contributed by atoms with E-state index in [0.29, 0.717) is 0 Å². The van der Waals surface area contributed by atoms with Gasteiger partial charge in [-0.25, -0.2) is 0 Å². The summed E-state index contributed by atoms with van der Waals surface area (Å²) >= 11 is 3.47. The lowest BCUT2D eigenvalue weighted by molar-refractivity contribution is 0.479. The fourth-order valence-corrected chi connectivity index (χ4v) is 1.93. The summed E-state index contributed by atoms with van der Waals surface area (Å²) in [6.07, 6.45) is 0. The molecule has 16 heavy (non-hydrogen) atoms. The lowest BCUT2D eigenvalue weighted by Gasteiger charge is -2.08. The van der Waals surface area contributed by atoms with Gasteiger partial charge in [-0.15, -0.1) is 0 Å². The number of nitrogens with two attached hydrogens (primary N) is 1. The van der Waals surface area contributed by atoms with Gasteiger partial charge in [0.05, 0.1) is 4.47 Å². The second-order valence-electron chi connectivity index (χ2n) is 3.60. The van der Waals surface area contributed by atoms with Gasteiger partial charge >= 0.3 is 0 Å². The van der Waals surface area contributed by atoms with Gasteiger partial charge in [0.15, 0.2) is 0 Å². The lowest BCUT2D eigenvalue weighted by atomic mass is 10.2. The lowest BCUT2D eigenvalue weighted by Crippen LogP contribution is -1.87. The number of aryl methyl sites for hydroxylation is 1. The maximum absolute atomic E-state index is 5.72. The van der Waals surface area contributed by atoms with Crippen molar-refractivity contribution in [3.63, 3.8) is 0 Å². The average molecular weight is 278 g/mol. The van der Waals surface area contributed by atoms with Crippen LogP contribution in [0.5, 0.6) is 11.5 Å². The normalized spacial score (nSPS) is 10.1. The van der Waals surface area contributed by atoms with Crippen LogP contribution in [0.25, 0.3) is 0 Å². The van der Waals surface area contributed by atoms with Crippen LogP contribution in [0, 0.1) is 6.92 Å². The Hall–Kier alpha value is -1.48. The van der Waals surface area contributed by atoms with Crippen LogP contribution in [-0.4, -0.2) is 0 Å². The molecule has 0 radical (unpaired) electrons. The Bertz CT molecular complexity index is 494. The van der Waals surface area contributed by atoms with Crippen molar-refractivity contribution in [1.29, 1.82) is 0 Å². The first-order chi connectivity index (χ1) is 7.65. The van der Waals surface area contributed by atoms with E-state index in [1.54, 1.807) is 0 Å². The SMILES string of the molecule is Cc1ccc(Oc2ccc(N)cc2)c(Br)c1. The van der Waals surface area contributed by atoms with Crippen molar-refractivity contribution in [2.45, 2.75) is 6.92 Å². The highest BCUT2D eigenvalue weighted by atomic mass is 79.9. The first-order valence-corrected chi connectivity index (χ1v) is 5.74. The molecule has 0 amide bonds. The van der Waals surface area contributed by atoms with E-state index in [1.807, 2.05) is 49.4 Å². The largest absolute Gasteiger partial charge is 0.456 e. The Morgan fingerprint density at radius 3 is 2.38 bits per heavy atom. The molecular formula is C13H12BrNO. The molecule has 2 nitrogen and oxygen atoms in total. The summed E-state index contributed by atoms with van der Waals surface area (Å²) < 4.78 is 6.67. The van der Waals surface area contributed by atoms with Crippen molar-refractivity contribution in [3.05, 3.63) is 52.5 Å². The van der Waals surface area contributed by atoms with E-state index in [0.717, 1.165) is 21.7 Å². The zero-order valence-electron chi connectivity index (χ0n) is 8.91. The Morgan fingerprint density at radius 1 is 1.06 bits per heavy atom. The first-order valence-electron chi connectivity index (χ1n) is 4.95. The second kappa shape index (κ2) is 4.58. The molecule has 0 aliphatic carbocycles. The van der Waals surface area contributed by atoms with Gasteiger partial charge in [0, 0.05) is 5.69 Å². The monoisotopic (exact) mass is 277 g/mol. The Labute approximate surface area is 103 Å². The number of anilines is 1. The molecular weight excluding hydrogens is 266 g/mol. The van der Waals surface area contributed by atoms with E-state index in [9.17, 15) is 0 Å². The number of hydrogen-bond donors (Lipinski definition) is 1. The molecule has 3 heteroatoms. The molecule has 0 heterocycles. The summed E-state index contributed by atoms with van der Waals surface area (Å²) in [7, 11) is 0. The fourth-order valence-electron chi connectivity index (χ4n) is 1.35. The zero-order valence-corrected chi connectivity index (χ0v) is 10.5. The summed E-state index contributed by atoms with van der Waals surface area (Å²) in [5, 5.41) is 0. The van der Waals surface area contributed by atoms with Crippen LogP contribution >= 0.6 is 15.9 Å².